The summed E-state index contributed by atoms with van der Waals surface area (Å²) in [6, 6.07) is 12.5. The van der Waals surface area contributed by atoms with Crippen LogP contribution in [0.4, 0.5) is 5.69 Å². The first-order chi connectivity index (χ1) is 15.9. The number of carbonyl (C=O) groups is 3. The molecule has 0 aromatic heterocycles. The lowest BCUT2D eigenvalue weighted by molar-refractivity contribution is -0.139. The second-order valence-electron chi connectivity index (χ2n) is 7.43. The third kappa shape index (κ3) is 7.99. The number of aryl methyl sites for hydroxylation is 1. The van der Waals surface area contributed by atoms with Crippen LogP contribution in [0.2, 0.25) is 0 Å². The number of carbonyl (C=O) groups excluding carboxylic acids is 3. The number of ether oxygens (including phenoxy) is 2. The number of benzene rings is 2. The topological polar surface area (TPSA) is 118 Å². The Morgan fingerprint density at radius 2 is 1.97 bits per heavy atom. The Balaban J connectivity index is 1.51. The van der Waals surface area contributed by atoms with Gasteiger partial charge in [0, 0.05) is 28.9 Å². The van der Waals surface area contributed by atoms with Gasteiger partial charge in [0.1, 0.15) is 5.75 Å². The molecule has 1 atom stereocenters. The molecule has 0 spiro atoms. The van der Waals surface area contributed by atoms with Crippen LogP contribution in [0.1, 0.15) is 24.0 Å². The van der Waals surface area contributed by atoms with E-state index in [4.69, 9.17) is 9.47 Å². The van der Waals surface area contributed by atoms with Crippen molar-refractivity contribution in [2.75, 3.05) is 25.1 Å². The van der Waals surface area contributed by atoms with E-state index >= 15 is 0 Å². The number of hydrazone groups is 1. The summed E-state index contributed by atoms with van der Waals surface area (Å²) < 4.78 is 11.8. The molecular weight excluding hydrogens is 492 g/mol. The summed E-state index contributed by atoms with van der Waals surface area (Å²) >= 11 is 3.36. The van der Waals surface area contributed by atoms with Gasteiger partial charge in [0.05, 0.1) is 12.3 Å². The molecule has 3 rings (SSSR count). The minimum absolute atomic E-state index is 0.0603. The van der Waals surface area contributed by atoms with Gasteiger partial charge in [-0.1, -0.05) is 33.6 Å². The standard InChI is InChI=1S/C23H25BrN4O5/c1-15-4-7-18(8-5-15)27-21(29)14-33-20-9-6-17(24)11-16(20)12-26-28-23(31)22(30)25-13-19-3-2-10-32-19/h4-9,11-12,19H,2-3,10,13-14H2,1H3,(H,25,30)(H,27,29)(H,28,31)/b26-12-/t19-/m0/s1. The van der Waals surface area contributed by atoms with E-state index in [-0.39, 0.29) is 25.2 Å². The zero-order chi connectivity index (χ0) is 23.6. The summed E-state index contributed by atoms with van der Waals surface area (Å²) in [5, 5.41) is 9.11. The molecule has 2 aromatic carbocycles. The molecule has 1 aliphatic rings. The maximum Gasteiger partial charge on any atom is 0.329 e. The average Bonchev–Trinajstić information content (AvgIpc) is 3.32. The van der Waals surface area contributed by atoms with Crippen LogP contribution < -0.4 is 20.8 Å². The van der Waals surface area contributed by atoms with Crippen LogP contribution >= 0.6 is 15.9 Å². The second-order valence-corrected chi connectivity index (χ2v) is 8.34. The quantitative estimate of drug-likeness (QED) is 0.283. The number of nitrogens with one attached hydrogen (secondary N) is 3. The predicted molar refractivity (Wildman–Crippen MR) is 127 cm³/mol. The van der Waals surface area contributed by atoms with Gasteiger partial charge in [-0.25, -0.2) is 5.43 Å². The molecule has 0 saturated carbocycles. The van der Waals surface area contributed by atoms with E-state index in [0.717, 1.165) is 22.9 Å². The first-order valence-electron chi connectivity index (χ1n) is 10.4. The van der Waals surface area contributed by atoms with Gasteiger partial charge in [0.25, 0.3) is 5.91 Å². The van der Waals surface area contributed by atoms with Gasteiger partial charge >= 0.3 is 11.8 Å². The molecule has 1 aliphatic heterocycles. The third-order valence-electron chi connectivity index (χ3n) is 4.76. The zero-order valence-corrected chi connectivity index (χ0v) is 19.7. The number of anilines is 1. The average molecular weight is 517 g/mol. The number of hydrogen-bond acceptors (Lipinski definition) is 6. The Morgan fingerprint density at radius 1 is 1.18 bits per heavy atom. The molecule has 1 saturated heterocycles. The molecule has 0 bridgehead atoms. The minimum atomic E-state index is -0.890. The fourth-order valence-electron chi connectivity index (χ4n) is 3.03. The van der Waals surface area contributed by atoms with Crippen molar-refractivity contribution < 1.29 is 23.9 Å². The third-order valence-corrected chi connectivity index (χ3v) is 5.25. The van der Waals surface area contributed by atoms with Gasteiger partial charge in [0.15, 0.2) is 6.61 Å². The summed E-state index contributed by atoms with van der Waals surface area (Å²) in [5.74, 6) is -1.61. The summed E-state index contributed by atoms with van der Waals surface area (Å²) in [5.41, 5.74) is 4.46. The molecular formula is C23H25BrN4O5. The lowest BCUT2D eigenvalue weighted by Crippen LogP contribution is -2.41. The van der Waals surface area contributed by atoms with Crippen LogP contribution in [0.25, 0.3) is 0 Å². The van der Waals surface area contributed by atoms with Gasteiger partial charge in [-0.15, -0.1) is 0 Å². The van der Waals surface area contributed by atoms with Crippen LogP contribution in [0.3, 0.4) is 0 Å². The Bertz CT molecular complexity index is 1020. The molecule has 1 heterocycles. The Kier molecular flexibility index (Phi) is 8.96. The molecule has 174 valence electrons. The van der Waals surface area contributed by atoms with Gasteiger partial charge in [0.2, 0.25) is 0 Å². The predicted octanol–water partition coefficient (Wildman–Crippen LogP) is 2.52. The maximum atomic E-state index is 12.2. The van der Waals surface area contributed by atoms with Crippen LogP contribution in [-0.4, -0.2) is 49.8 Å². The Morgan fingerprint density at radius 3 is 2.70 bits per heavy atom. The monoisotopic (exact) mass is 516 g/mol. The fraction of sp³-hybridized carbons (Fsp3) is 0.304. The van der Waals surface area contributed by atoms with Crippen LogP contribution in [-0.2, 0) is 19.1 Å². The molecule has 0 unspecified atom stereocenters. The number of amides is 3. The fourth-order valence-corrected chi connectivity index (χ4v) is 3.41. The van der Waals surface area contributed by atoms with Crippen molar-refractivity contribution in [3.63, 3.8) is 0 Å². The van der Waals surface area contributed by atoms with E-state index in [2.05, 4.69) is 37.1 Å². The number of hydrogen-bond donors (Lipinski definition) is 3. The Labute approximate surface area is 200 Å². The summed E-state index contributed by atoms with van der Waals surface area (Å²) in [6.45, 7) is 2.70. The molecule has 0 aliphatic carbocycles. The van der Waals surface area contributed by atoms with Crippen LogP contribution in [0.15, 0.2) is 52.0 Å². The van der Waals surface area contributed by atoms with E-state index in [0.29, 0.717) is 23.6 Å². The van der Waals surface area contributed by atoms with E-state index in [9.17, 15) is 14.4 Å². The zero-order valence-electron chi connectivity index (χ0n) is 18.1. The molecule has 33 heavy (non-hydrogen) atoms. The Hall–Kier alpha value is -3.24. The molecule has 9 nitrogen and oxygen atoms in total. The maximum absolute atomic E-state index is 12.2. The highest BCUT2D eigenvalue weighted by atomic mass is 79.9. The largest absolute Gasteiger partial charge is 0.483 e. The van der Waals surface area contributed by atoms with Crippen LogP contribution in [0.5, 0.6) is 5.75 Å². The first-order valence-corrected chi connectivity index (χ1v) is 11.2. The lowest BCUT2D eigenvalue weighted by atomic mass is 10.2. The van der Waals surface area contributed by atoms with Crippen molar-refractivity contribution >= 4 is 45.6 Å². The van der Waals surface area contributed by atoms with Crippen molar-refractivity contribution in [2.24, 2.45) is 5.10 Å². The van der Waals surface area contributed by atoms with E-state index in [1.165, 1.54) is 6.21 Å². The SMILES string of the molecule is Cc1ccc(NC(=O)COc2ccc(Br)cc2/C=N\NC(=O)C(=O)NC[C@@H]2CCCO2)cc1. The van der Waals surface area contributed by atoms with Gasteiger partial charge < -0.3 is 20.1 Å². The van der Waals surface area contributed by atoms with E-state index in [1.807, 2.05) is 31.2 Å². The summed E-state index contributed by atoms with van der Waals surface area (Å²) in [7, 11) is 0. The molecule has 2 aromatic rings. The summed E-state index contributed by atoms with van der Waals surface area (Å²) in [6.07, 6.45) is 3.08. The van der Waals surface area contributed by atoms with Crippen molar-refractivity contribution in [1.29, 1.82) is 0 Å². The number of rotatable bonds is 8. The first kappa shape index (κ1) is 24.4. The minimum Gasteiger partial charge on any atom is -0.483 e. The molecule has 3 amide bonds. The van der Waals surface area contributed by atoms with Gasteiger partial charge in [-0.05, 0) is 50.1 Å². The summed E-state index contributed by atoms with van der Waals surface area (Å²) in [4.78, 5) is 36.0. The van der Waals surface area contributed by atoms with E-state index < -0.39 is 11.8 Å². The van der Waals surface area contributed by atoms with Crippen molar-refractivity contribution in [3.05, 3.63) is 58.1 Å². The lowest BCUT2D eigenvalue weighted by Gasteiger charge is -2.11. The van der Waals surface area contributed by atoms with Gasteiger partial charge in [-0.2, -0.15) is 5.10 Å². The molecule has 3 N–H and O–H groups in total. The van der Waals surface area contributed by atoms with Gasteiger partial charge in [-0.3, -0.25) is 14.4 Å². The molecule has 0 radical (unpaired) electrons. The molecule has 1 fully saturated rings. The molecule has 10 heteroatoms. The number of halogens is 1. The van der Waals surface area contributed by atoms with Crippen molar-refractivity contribution in [3.8, 4) is 5.75 Å². The van der Waals surface area contributed by atoms with Crippen molar-refractivity contribution in [1.82, 2.24) is 10.7 Å². The van der Waals surface area contributed by atoms with E-state index in [1.54, 1.807) is 18.2 Å². The normalized spacial score (nSPS) is 15.3. The van der Waals surface area contributed by atoms with Crippen LogP contribution in [0, 0.1) is 6.92 Å². The number of nitrogens with zero attached hydrogens (tertiary/aromatic N) is 1. The second kappa shape index (κ2) is 12.1. The highest BCUT2D eigenvalue weighted by Gasteiger charge is 2.19. The highest BCUT2D eigenvalue weighted by Crippen LogP contribution is 2.22. The smallest absolute Gasteiger partial charge is 0.329 e. The highest BCUT2D eigenvalue weighted by molar-refractivity contribution is 9.10. The van der Waals surface area contributed by atoms with Crippen molar-refractivity contribution in [2.45, 2.75) is 25.9 Å².